The van der Waals surface area contributed by atoms with Gasteiger partial charge in [-0.25, -0.2) is 4.79 Å². The molecule has 100 valence electrons. The molecule has 1 fully saturated rings. The zero-order valence-corrected chi connectivity index (χ0v) is 10.9. The van der Waals surface area contributed by atoms with E-state index in [0.717, 1.165) is 25.9 Å². The molecule has 1 aliphatic heterocycles. The predicted octanol–water partition coefficient (Wildman–Crippen LogP) is -0.465. The molecule has 1 unspecified atom stereocenters. The maximum absolute atomic E-state index is 11.4. The number of likely N-dealkylation sites (tertiary alicyclic amines) is 1. The van der Waals surface area contributed by atoms with E-state index in [1.54, 1.807) is 0 Å². The number of hydrogen-bond acceptors (Lipinski definition) is 4. The molecule has 0 aromatic carbocycles. The van der Waals surface area contributed by atoms with E-state index < -0.39 is 6.03 Å². The van der Waals surface area contributed by atoms with Gasteiger partial charge in [-0.15, -0.1) is 12.4 Å². The quantitative estimate of drug-likeness (QED) is 0.643. The van der Waals surface area contributed by atoms with Crippen LogP contribution in [0.1, 0.15) is 12.8 Å². The van der Waals surface area contributed by atoms with E-state index in [0.29, 0.717) is 12.5 Å². The number of carbonyl (C=O) groups excluding carboxylic acids is 2. The van der Waals surface area contributed by atoms with Gasteiger partial charge < -0.3 is 11.1 Å². The topological polar surface area (TPSA) is 87.5 Å². The SMILES string of the molecule is CNC(=O)NC(=O)CN1CCCC(CN)C1.Cl. The lowest BCUT2D eigenvalue weighted by molar-refractivity contribution is -0.121. The summed E-state index contributed by atoms with van der Waals surface area (Å²) in [6.45, 7) is 2.67. The number of hydrogen-bond donors (Lipinski definition) is 3. The summed E-state index contributed by atoms with van der Waals surface area (Å²) < 4.78 is 0. The van der Waals surface area contributed by atoms with Crippen molar-refractivity contribution in [3.05, 3.63) is 0 Å². The van der Waals surface area contributed by atoms with Crippen molar-refractivity contribution in [3.63, 3.8) is 0 Å². The first-order valence-corrected chi connectivity index (χ1v) is 5.59. The minimum atomic E-state index is -0.461. The zero-order chi connectivity index (χ0) is 12.0. The van der Waals surface area contributed by atoms with E-state index in [-0.39, 0.29) is 24.9 Å². The Balaban J connectivity index is 0.00000256. The molecule has 0 saturated carbocycles. The average molecular weight is 265 g/mol. The Kier molecular flexibility index (Phi) is 7.86. The number of rotatable bonds is 3. The highest BCUT2D eigenvalue weighted by molar-refractivity contribution is 5.95. The van der Waals surface area contributed by atoms with Crippen LogP contribution in [0.5, 0.6) is 0 Å². The van der Waals surface area contributed by atoms with Gasteiger partial charge >= 0.3 is 6.03 Å². The summed E-state index contributed by atoms with van der Waals surface area (Å²) in [7, 11) is 1.48. The molecule has 17 heavy (non-hydrogen) atoms. The van der Waals surface area contributed by atoms with Crippen molar-refractivity contribution in [2.75, 3.05) is 33.2 Å². The van der Waals surface area contributed by atoms with Crippen LogP contribution in [0.25, 0.3) is 0 Å². The standard InChI is InChI=1S/C10H20N4O2.ClH/c1-12-10(16)13-9(15)7-14-4-2-3-8(5-11)6-14;/h8H,2-7,11H2,1H3,(H2,12,13,15,16);1H. The van der Waals surface area contributed by atoms with E-state index in [2.05, 4.69) is 10.6 Å². The lowest BCUT2D eigenvalue weighted by Crippen LogP contribution is -2.46. The van der Waals surface area contributed by atoms with Gasteiger partial charge in [-0.05, 0) is 31.8 Å². The largest absolute Gasteiger partial charge is 0.341 e. The van der Waals surface area contributed by atoms with E-state index >= 15 is 0 Å². The van der Waals surface area contributed by atoms with Crippen molar-refractivity contribution < 1.29 is 9.59 Å². The van der Waals surface area contributed by atoms with Gasteiger partial charge in [-0.3, -0.25) is 15.0 Å². The van der Waals surface area contributed by atoms with Gasteiger partial charge in [-0.2, -0.15) is 0 Å². The number of nitrogens with one attached hydrogen (secondary N) is 2. The first-order valence-electron chi connectivity index (χ1n) is 5.59. The van der Waals surface area contributed by atoms with Crippen LogP contribution in [0.15, 0.2) is 0 Å². The molecule has 6 nitrogen and oxygen atoms in total. The summed E-state index contributed by atoms with van der Waals surface area (Å²) in [6, 6.07) is -0.461. The van der Waals surface area contributed by atoms with Crippen LogP contribution in [0.2, 0.25) is 0 Å². The Bertz CT molecular complexity index is 263. The third-order valence-corrected chi connectivity index (χ3v) is 2.78. The van der Waals surface area contributed by atoms with Gasteiger partial charge in [0.15, 0.2) is 0 Å². The number of halogens is 1. The van der Waals surface area contributed by atoms with Crippen LogP contribution >= 0.6 is 12.4 Å². The van der Waals surface area contributed by atoms with Crippen molar-refractivity contribution >= 4 is 24.3 Å². The fraction of sp³-hybridized carbons (Fsp3) is 0.800. The molecule has 0 spiro atoms. The third kappa shape index (κ3) is 5.86. The Morgan fingerprint density at radius 3 is 2.76 bits per heavy atom. The molecule has 0 radical (unpaired) electrons. The number of urea groups is 1. The van der Waals surface area contributed by atoms with Crippen LogP contribution in [-0.4, -0.2) is 50.1 Å². The van der Waals surface area contributed by atoms with E-state index in [1.165, 1.54) is 7.05 Å². The summed E-state index contributed by atoms with van der Waals surface area (Å²) in [5.41, 5.74) is 5.61. The molecule has 3 amide bonds. The number of nitrogens with zero attached hydrogens (tertiary/aromatic N) is 1. The van der Waals surface area contributed by atoms with Crippen molar-refractivity contribution in [3.8, 4) is 0 Å². The molecule has 1 atom stereocenters. The fourth-order valence-electron chi connectivity index (χ4n) is 1.92. The van der Waals surface area contributed by atoms with Gasteiger partial charge in [0.05, 0.1) is 6.54 Å². The first kappa shape index (κ1) is 16.1. The molecule has 1 saturated heterocycles. The Morgan fingerprint density at radius 2 is 2.18 bits per heavy atom. The zero-order valence-electron chi connectivity index (χ0n) is 10.1. The number of nitrogens with two attached hydrogens (primary N) is 1. The second kappa shape index (κ2) is 8.27. The maximum atomic E-state index is 11.4. The molecular formula is C10H21ClN4O2. The highest BCUT2D eigenvalue weighted by Gasteiger charge is 2.20. The maximum Gasteiger partial charge on any atom is 0.321 e. The molecule has 1 rings (SSSR count). The van der Waals surface area contributed by atoms with E-state index in [4.69, 9.17) is 5.73 Å². The second-order valence-corrected chi connectivity index (χ2v) is 4.11. The van der Waals surface area contributed by atoms with Crippen molar-refractivity contribution in [2.45, 2.75) is 12.8 Å². The first-order chi connectivity index (χ1) is 7.65. The number of piperidine rings is 1. The van der Waals surface area contributed by atoms with Gasteiger partial charge in [0, 0.05) is 13.6 Å². The van der Waals surface area contributed by atoms with E-state index in [1.807, 2.05) is 4.90 Å². The highest BCUT2D eigenvalue weighted by Crippen LogP contribution is 2.14. The molecule has 0 aliphatic carbocycles. The molecule has 7 heteroatoms. The highest BCUT2D eigenvalue weighted by atomic mass is 35.5. The molecule has 1 aliphatic rings. The molecule has 0 aromatic rings. The Morgan fingerprint density at radius 1 is 1.47 bits per heavy atom. The lowest BCUT2D eigenvalue weighted by atomic mass is 9.98. The third-order valence-electron chi connectivity index (χ3n) is 2.78. The molecular weight excluding hydrogens is 244 g/mol. The van der Waals surface area contributed by atoms with Gasteiger partial charge in [0.25, 0.3) is 0 Å². The fourth-order valence-corrected chi connectivity index (χ4v) is 1.92. The summed E-state index contributed by atoms with van der Waals surface area (Å²) in [6.07, 6.45) is 2.19. The number of imide groups is 1. The van der Waals surface area contributed by atoms with Crippen LogP contribution in [0.3, 0.4) is 0 Å². The summed E-state index contributed by atoms with van der Waals surface area (Å²) >= 11 is 0. The Labute approximate surface area is 108 Å². The van der Waals surface area contributed by atoms with Crippen molar-refractivity contribution in [1.29, 1.82) is 0 Å². The van der Waals surface area contributed by atoms with Gasteiger partial charge in [0.1, 0.15) is 0 Å². The average Bonchev–Trinajstić information content (AvgIpc) is 2.28. The number of carbonyl (C=O) groups is 2. The van der Waals surface area contributed by atoms with Crippen LogP contribution in [0.4, 0.5) is 4.79 Å². The normalized spacial score (nSPS) is 20.2. The Hall–Kier alpha value is -0.850. The summed E-state index contributed by atoms with van der Waals surface area (Å²) in [5, 5.41) is 4.59. The molecule has 1 heterocycles. The van der Waals surface area contributed by atoms with Crippen molar-refractivity contribution in [1.82, 2.24) is 15.5 Å². The summed E-state index contributed by atoms with van der Waals surface area (Å²) in [5.74, 6) is 0.207. The van der Waals surface area contributed by atoms with E-state index in [9.17, 15) is 9.59 Å². The van der Waals surface area contributed by atoms with Crippen LogP contribution in [0, 0.1) is 5.92 Å². The van der Waals surface area contributed by atoms with Gasteiger partial charge in [-0.1, -0.05) is 0 Å². The molecule has 0 aromatic heterocycles. The smallest absolute Gasteiger partial charge is 0.321 e. The minimum Gasteiger partial charge on any atom is -0.341 e. The van der Waals surface area contributed by atoms with Gasteiger partial charge in [0.2, 0.25) is 5.91 Å². The monoisotopic (exact) mass is 264 g/mol. The van der Waals surface area contributed by atoms with Crippen LogP contribution < -0.4 is 16.4 Å². The minimum absolute atomic E-state index is 0. The van der Waals surface area contributed by atoms with Crippen molar-refractivity contribution in [2.24, 2.45) is 11.7 Å². The number of amides is 3. The lowest BCUT2D eigenvalue weighted by Gasteiger charge is -2.31. The second-order valence-electron chi connectivity index (χ2n) is 4.11. The molecule has 0 bridgehead atoms. The molecule has 4 N–H and O–H groups in total. The predicted molar refractivity (Wildman–Crippen MR) is 68.1 cm³/mol. The van der Waals surface area contributed by atoms with Crippen LogP contribution in [-0.2, 0) is 4.79 Å². The summed E-state index contributed by atoms with van der Waals surface area (Å²) in [4.78, 5) is 24.4.